The Balaban J connectivity index is 1.96. The molecule has 0 aliphatic rings. The first-order chi connectivity index (χ1) is 11.5. The summed E-state index contributed by atoms with van der Waals surface area (Å²) in [4.78, 5) is 16.8. The summed E-state index contributed by atoms with van der Waals surface area (Å²) in [6.45, 7) is 7.62. The van der Waals surface area contributed by atoms with Crippen molar-refractivity contribution in [3.8, 4) is 11.5 Å². The molecule has 0 bridgehead atoms. The van der Waals surface area contributed by atoms with Gasteiger partial charge in [0.15, 0.2) is 5.82 Å². The number of benzene rings is 1. The van der Waals surface area contributed by atoms with E-state index in [2.05, 4.69) is 20.6 Å². The van der Waals surface area contributed by atoms with Crippen LogP contribution in [0.25, 0.3) is 11.5 Å². The summed E-state index contributed by atoms with van der Waals surface area (Å²) in [7, 11) is 0. The van der Waals surface area contributed by atoms with Gasteiger partial charge in [-0.25, -0.2) is 0 Å². The standard InChI is InChI=1S/C17H18N4O3/c1-9(2)15-19-17(24-21-15)12-7-5-6-10(3)14(12)18-16(22)13-8-11(4)20-23-13/h5-9H,1-4H3,(H,18,22). The van der Waals surface area contributed by atoms with Crippen molar-refractivity contribution in [3.63, 3.8) is 0 Å². The number of carbonyl (C=O) groups excluding carboxylic acids is 1. The maximum absolute atomic E-state index is 12.4. The number of rotatable bonds is 4. The molecule has 0 fully saturated rings. The highest BCUT2D eigenvalue weighted by Gasteiger charge is 2.19. The van der Waals surface area contributed by atoms with E-state index < -0.39 is 0 Å². The molecule has 1 amide bonds. The third-order valence-corrected chi connectivity index (χ3v) is 3.55. The van der Waals surface area contributed by atoms with Gasteiger partial charge in [-0.2, -0.15) is 4.98 Å². The van der Waals surface area contributed by atoms with Gasteiger partial charge in [0.25, 0.3) is 11.8 Å². The summed E-state index contributed by atoms with van der Waals surface area (Å²) in [5, 5.41) is 10.5. The van der Waals surface area contributed by atoms with Crippen molar-refractivity contribution in [2.75, 3.05) is 5.32 Å². The molecule has 0 saturated carbocycles. The summed E-state index contributed by atoms with van der Waals surface area (Å²) in [5.74, 6) is 0.911. The molecule has 24 heavy (non-hydrogen) atoms. The first-order valence-corrected chi connectivity index (χ1v) is 7.64. The third-order valence-electron chi connectivity index (χ3n) is 3.55. The van der Waals surface area contributed by atoms with Gasteiger partial charge in [0.05, 0.1) is 16.9 Å². The van der Waals surface area contributed by atoms with Crippen molar-refractivity contribution in [1.29, 1.82) is 0 Å². The summed E-state index contributed by atoms with van der Waals surface area (Å²) in [6.07, 6.45) is 0. The Hall–Kier alpha value is -2.96. The number of nitrogens with zero attached hydrogens (tertiary/aromatic N) is 3. The topological polar surface area (TPSA) is 94.1 Å². The fourth-order valence-electron chi connectivity index (χ4n) is 2.24. The van der Waals surface area contributed by atoms with Crippen LogP contribution in [0.2, 0.25) is 0 Å². The molecule has 0 atom stereocenters. The summed E-state index contributed by atoms with van der Waals surface area (Å²) in [5.41, 5.74) is 2.79. The van der Waals surface area contributed by atoms with E-state index in [-0.39, 0.29) is 17.6 Å². The molecule has 124 valence electrons. The van der Waals surface area contributed by atoms with Crippen molar-refractivity contribution in [2.45, 2.75) is 33.6 Å². The smallest absolute Gasteiger partial charge is 0.294 e. The maximum Gasteiger partial charge on any atom is 0.294 e. The summed E-state index contributed by atoms with van der Waals surface area (Å²) >= 11 is 0. The van der Waals surface area contributed by atoms with Crippen molar-refractivity contribution >= 4 is 11.6 Å². The first kappa shape index (κ1) is 15.9. The van der Waals surface area contributed by atoms with Gasteiger partial charge in [-0.3, -0.25) is 4.79 Å². The minimum absolute atomic E-state index is 0.148. The Morgan fingerprint density at radius 1 is 1.17 bits per heavy atom. The Bertz CT molecular complexity index is 880. The zero-order valence-corrected chi connectivity index (χ0v) is 14.0. The van der Waals surface area contributed by atoms with Crippen LogP contribution < -0.4 is 5.32 Å². The minimum Gasteiger partial charge on any atom is -0.351 e. The molecule has 2 aromatic heterocycles. The van der Waals surface area contributed by atoms with Crippen molar-refractivity contribution < 1.29 is 13.8 Å². The van der Waals surface area contributed by atoms with Crippen LogP contribution in [0, 0.1) is 13.8 Å². The Labute approximate surface area is 139 Å². The van der Waals surface area contributed by atoms with Crippen molar-refractivity contribution in [1.82, 2.24) is 15.3 Å². The molecule has 1 aromatic carbocycles. The van der Waals surface area contributed by atoms with E-state index in [1.807, 2.05) is 39.0 Å². The van der Waals surface area contributed by atoms with E-state index >= 15 is 0 Å². The molecule has 0 radical (unpaired) electrons. The highest BCUT2D eigenvalue weighted by Crippen LogP contribution is 2.31. The zero-order chi connectivity index (χ0) is 17.3. The SMILES string of the molecule is Cc1cc(C(=O)Nc2c(C)cccc2-c2nc(C(C)C)no2)on1. The van der Waals surface area contributed by atoms with E-state index in [4.69, 9.17) is 9.05 Å². The molecule has 7 nitrogen and oxygen atoms in total. The summed E-state index contributed by atoms with van der Waals surface area (Å²) < 4.78 is 10.4. The minimum atomic E-state index is -0.380. The Morgan fingerprint density at radius 2 is 1.96 bits per heavy atom. The average molecular weight is 326 g/mol. The molecule has 0 spiro atoms. The van der Waals surface area contributed by atoms with Crippen LogP contribution in [0.3, 0.4) is 0 Å². The summed E-state index contributed by atoms with van der Waals surface area (Å²) in [6, 6.07) is 7.17. The number of aryl methyl sites for hydroxylation is 2. The highest BCUT2D eigenvalue weighted by molar-refractivity contribution is 6.04. The largest absolute Gasteiger partial charge is 0.351 e. The number of hydrogen-bond acceptors (Lipinski definition) is 6. The van der Waals surface area contributed by atoms with E-state index in [1.54, 1.807) is 13.0 Å². The molecule has 3 aromatic rings. The average Bonchev–Trinajstić information content (AvgIpc) is 3.18. The fourth-order valence-corrected chi connectivity index (χ4v) is 2.24. The van der Waals surface area contributed by atoms with Gasteiger partial charge in [-0.1, -0.05) is 36.3 Å². The normalized spacial score (nSPS) is 11.0. The van der Waals surface area contributed by atoms with Gasteiger partial charge in [0.2, 0.25) is 5.76 Å². The maximum atomic E-state index is 12.4. The van der Waals surface area contributed by atoms with Gasteiger partial charge in [0.1, 0.15) is 0 Å². The second kappa shape index (κ2) is 6.27. The van der Waals surface area contributed by atoms with E-state index in [0.717, 1.165) is 5.56 Å². The van der Waals surface area contributed by atoms with Crippen LogP contribution in [-0.2, 0) is 0 Å². The number of hydrogen-bond donors (Lipinski definition) is 1. The highest BCUT2D eigenvalue weighted by atomic mass is 16.5. The molecule has 3 rings (SSSR count). The zero-order valence-electron chi connectivity index (χ0n) is 14.0. The van der Waals surface area contributed by atoms with Crippen LogP contribution in [0.15, 0.2) is 33.3 Å². The number of amides is 1. The predicted molar refractivity (Wildman–Crippen MR) is 87.8 cm³/mol. The number of carbonyl (C=O) groups is 1. The lowest BCUT2D eigenvalue weighted by atomic mass is 10.1. The van der Waals surface area contributed by atoms with Crippen LogP contribution in [0.4, 0.5) is 5.69 Å². The lowest BCUT2D eigenvalue weighted by molar-refractivity contribution is 0.0988. The van der Waals surface area contributed by atoms with E-state index in [1.165, 1.54) is 0 Å². The van der Waals surface area contributed by atoms with Crippen molar-refractivity contribution in [2.24, 2.45) is 0 Å². The quantitative estimate of drug-likeness (QED) is 0.785. The molecule has 1 N–H and O–H groups in total. The van der Waals surface area contributed by atoms with Gasteiger partial charge in [-0.15, -0.1) is 0 Å². The van der Waals surface area contributed by atoms with Crippen molar-refractivity contribution in [3.05, 3.63) is 47.1 Å². The number of aromatic nitrogens is 3. The van der Waals surface area contributed by atoms with Gasteiger partial charge in [0, 0.05) is 12.0 Å². The second-order valence-electron chi connectivity index (χ2n) is 5.90. The number of para-hydroxylation sites is 1. The monoisotopic (exact) mass is 326 g/mol. The molecule has 2 heterocycles. The molecule has 0 aliphatic heterocycles. The first-order valence-electron chi connectivity index (χ1n) is 7.64. The number of nitrogens with one attached hydrogen (secondary N) is 1. The third kappa shape index (κ3) is 3.05. The van der Waals surface area contributed by atoms with Gasteiger partial charge < -0.3 is 14.4 Å². The molecular formula is C17H18N4O3. The molecule has 7 heteroatoms. The van der Waals surface area contributed by atoms with Gasteiger partial charge >= 0.3 is 0 Å². The molecular weight excluding hydrogens is 308 g/mol. The van der Waals surface area contributed by atoms with Crippen LogP contribution in [-0.4, -0.2) is 21.2 Å². The van der Waals surface area contributed by atoms with Crippen LogP contribution in [0.5, 0.6) is 0 Å². The Morgan fingerprint density at radius 3 is 2.58 bits per heavy atom. The Kier molecular flexibility index (Phi) is 4.16. The predicted octanol–water partition coefficient (Wildman–Crippen LogP) is 3.72. The second-order valence-corrected chi connectivity index (χ2v) is 5.90. The van der Waals surface area contributed by atoms with E-state index in [9.17, 15) is 4.79 Å². The van der Waals surface area contributed by atoms with E-state index in [0.29, 0.717) is 28.7 Å². The lowest BCUT2D eigenvalue weighted by Crippen LogP contribution is -2.13. The molecule has 0 aliphatic carbocycles. The lowest BCUT2D eigenvalue weighted by Gasteiger charge is -2.10. The van der Waals surface area contributed by atoms with Gasteiger partial charge in [-0.05, 0) is 25.5 Å². The van der Waals surface area contributed by atoms with Crippen LogP contribution in [0.1, 0.15) is 47.4 Å². The molecule has 0 unspecified atom stereocenters. The number of anilines is 1. The fraction of sp³-hybridized carbons (Fsp3) is 0.294. The molecule has 0 saturated heterocycles. The van der Waals surface area contributed by atoms with Crippen LogP contribution >= 0.6 is 0 Å².